The Balaban J connectivity index is 1.88. The van der Waals surface area contributed by atoms with Crippen LogP contribution in [-0.2, 0) is 16.1 Å². The fraction of sp³-hybridized carbons (Fsp3) is 0.133. The van der Waals surface area contributed by atoms with Gasteiger partial charge in [-0.3, -0.25) is 9.59 Å². The molecule has 0 atom stereocenters. The van der Waals surface area contributed by atoms with Crippen molar-refractivity contribution in [3.8, 4) is 0 Å². The predicted octanol–water partition coefficient (Wildman–Crippen LogP) is 1.58. The van der Waals surface area contributed by atoms with Crippen molar-refractivity contribution < 1.29 is 18.4 Å². The number of hydrogen-bond donors (Lipinski definition) is 2. The molecule has 1 aromatic carbocycles. The number of amides is 2. The first-order valence-corrected chi connectivity index (χ1v) is 6.47. The minimum absolute atomic E-state index is 0.103. The molecule has 6 nitrogen and oxygen atoms in total. The average Bonchev–Trinajstić information content (AvgIpc) is 3.03. The lowest BCUT2D eigenvalue weighted by atomic mass is 10.1. The fourth-order valence-corrected chi connectivity index (χ4v) is 1.62. The lowest BCUT2D eigenvalue weighted by Gasteiger charge is -2.04. The summed E-state index contributed by atoms with van der Waals surface area (Å²) in [5, 5.41) is 6.15. The van der Waals surface area contributed by atoms with E-state index in [0.29, 0.717) is 17.0 Å². The van der Waals surface area contributed by atoms with Crippen LogP contribution in [0.15, 0.2) is 52.2 Å². The first-order chi connectivity index (χ1) is 10.6. The van der Waals surface area contributed by atoms with Crippen LogP contribution in [0.5, 0.6) is 0 Å². The van der Waals surface area contributed by atoms with Gasteiger partial charge in [0, 0.05) is 5.56 Å². The lowest BCUT2D eigenvalue weighted by Crippen LogP contribution is -2.37. The van der Waals surface area contributed by atoms with Crippen molar-refractivity contribution in [3.05, 3.63) is 59.8 Å². The highest BCUT2D eigenvalue weighted by Crippen LogP contribution is 2.04. The van der Waals surface area contributed by atoms with E-state index in [1.54, 1.807) is 25.1 Å². The summed E-state index contributed by atoms with van der Waals surface area (Å²) >= 11 is 0. The molecule has 1 heterocycles. The third kappa shape index (κ3) is 4.27. The number of hydrogen-bond acceptors (Lipinski definition) is 4. The Morgan fingerprint density at radius 3 is 2.73 bits per heavy atom. The number of furan rings is 1. The summed E-state index contributed by atoms with van der Waals surface area (Å²) in [4.78, 5) is 23.1. The van der Waals surface area contributed by atoms with Gasteiger partial charge in [-0.05, 0) is 31.2 Å². The molecule has 7 heteroatoms. The van der Waals surface area contributed by atoms with Crippen LogP contribution in [0.1, 0.15) is 18.2 Å². The third-order valence-electron chi connectivity index (χ3n) is 2.78. The second-order valence-corrected chi connectivity index (χ2v) is 4.41. The minimum Gasteiger partial charge on any atom is -0.467 e. The number of carbonyl (C=O) groups excluding carboxylic acids is 2. The summed E-state index contributed by atoms with van der Waals surface area (Å²) in [6.45, 7) is 1.70. The van der Waals surface area contributed by atoms with E-state index in [1.165, 1.54) is 24.5 Å². The van der Waals surface area contributed by atoms with Crippen LogP contribution in [0.3, 0.4) is 0 Å². The van der Waals surface area contributed by atoms with Gasteiger partial charge in [0.25, 0.3) is 0 Å². The number of nitrogens with one attached hydrogen (secondary N) is 2. The van der Waals surface area contributed by atoms with E-state index < -0.39 is 17.6 Å². The molecule has 114 valence electrons. The van der Waals surface area contributed by atoms with Crippen LogP contribution in [0.2, 0.25) is 0 Å². The van der Waals surface area contributed by atoms with Gasteiger partial charge >= 0.3 is 11.8 Å². The van der Waals surface area contributed by atoms with Crippen LogP contribution in [-0.4, -0.2) is 17.5 Å². The molecule has 0 saturated carbocycles. The molecule has 0 aliphatic heterocycles. The first-order valence-electron chi connectivity index (χ1n) is 6.47. The van der Waals surface area contributed by atoms with E-state index in [4.69, 9.17) is 4.42 Å². The second kappa shape index (κ2) is 7.16. The molecule has 1 aromatic heterocycles. The van der Waals surface area contributed by atoms with E-state index in [0.717, 1.165) is 0 Å². The van der Waals surface area contributed by atoms with Gasteiger partial charge in [0.2, 0.25) is 0 Å². The molecule has 0 aliphatic rings. The van der Waals surface area contributed by atoms with Crippen LogP contribution in [0, 0.1) is 5.82 Å². The molecule has 2 aromatic rings. The maximum atomic E-state index is 13.1. The topological polar surface area (TPSA) is 83.7 Å². The van der Waals surface area contributed by atoms with Crippen molar-refractivity contribution in [1.82, 2.24) is 10.7 Å². The van der Waals surface area contributed by atoms with Gasteiger partial charge in [0.15, 0.2) is 0 Å². The number of benzene rings is 1. The number of halogens is 1. The number of hydrazone groups is 1. The molecule has 0 unspecified atom stereocenters. The average molecular weight is 303 g/mol. The molecule has 0 fully saturated rings. The maximum absolute atomic E-state index is 13.1. The third-order valence-corrected chi connectivity index (χ3v) is 2.78. The molecular formula is C15H14FN3O3. The van der Waals surface area contributed by atoms with E-state index >= 15 is 0 Å². The minimum atomic E-state index is -0.915. The van der Waals surface area contributed by atoms with Gasteiger partial charge in [-0.15, -0.1) is 0 Å². The van der Waals surface area contributed by atoms with E-state index in [1.807, 2.05) is 0 Å². The molecule has 0 saturated heterocycles. The lowest BCUT2D eigenvalue weighted by molar-refractivity contribution is -0.139. The smallest absolute Gasteiger partial charge is 0.329 e. The molecule has 22 heavy (non-hydrogen) atoms. The number of carbonyl (C=O) groups is 2. The van der Waals surface area contributed by atoms with Crippen molar-refractivity contribution in [1.29, 1.82) is 0 Å². The molecule has 0 bridgehead atoms. The zero-order chi connectivity index (χ0) is 15.9. The second-order valence-electron chi connectivity index (χ2n) is 4.41. The Kier molecular flexibility index (Phi) is 5.02. The molecule has 2 N–H and O–H groups in total. The Morgan fingerprint density at radius 2 is 2.05 bits per heavy atom. The van der Waals surface area contributed by atoms with Crippen molar-refractivity contribution in [3.63, 3.8) is 0 Å². The van der Waals surface area contributed by atoms with E-state index in [2.05, 4.69) is 15.8 Å². The predicted molar refractivity (Wildman–Crippen MR) is 77.3 cm³/mol. The van der Waals surface area contributed by atoms with Crippen LogP contribution in [0.4, 0.5) is 4.39 Å². The monoisotopic (exact) mass is 303 g/mol. The van der Waals surface area contributed by atoms with Crippen LogP contribution >= 0.6 is 0 Å². The van der Waals surface area contributed by atoms with Gasteiger partial charge in [-0.25, -0.2) is 9.82 Å². The Labute approximate surface area is 126 Å². The highest BCUT2D eigenvalue weighted by molar-refractivity contribution is 6.35. The summed E-state index contributed by atoms with van der Waals surface area (Å²) in [5.41, 5.74) is 3.01. The zero-order valence-electron chi connectivity index (χ0n) is 11.8. The molecule has 2 rings (SSSR count). The molecule has 0 aliphatic carbocycles. The summed E-state index contributed by atoms with van der Waals surface area (Å²) in [5.74, 6) is -1.63. The van der Waals surface area contributed by atoms with E-state index in [9.17, 15) is 14.0 Å². The number of nitrogens with zero attached hydrogens (tertiary/aromatic N) is 1. The highest BCUT2D eigenvalue weighted by atomic mass is 19.1. The fourth-order valence-electron chi connectivity index (χ4n) is 1.62. The van der Waals surface area contributed by atoms with Gasteiger partial charge < -0.3 is 9.73 Å². The van der Waals surface area contributed by atoms with Crippen molar-refractivity contribution >= 4 is 17.5 Å². The summed E-state index contributed by atoms with van der Waals surface area (Å²) in [7, 11) is 0. The molecule has 0 spiro atoms. The zero-order valence-corrected chi connectivity index (χ0v) is 11.8. The van der Waals surface area contributed by atoms with E-state index in [-0.39, 0.29) is 6.54 Å². The quantitative estimate of drug-likeness (QED) is 0.511. The molecular weight excluding hydrogens is 289 g/mol. The number of rotatable bonds is 4. The Morgan fingerprint density at radius 1 is 1.23 bits per heavy atom. The van der Waals surface area contributed by atoms with Crippen LogP contribution < -0.4 is 10.7 Å². The largest absolute Gasteiger partial charge is 0.467 e. The van der Waals surface area contributed by atoms with Gasteiger partial charge in [-0.1, -0.05) is 12.1 Å². The summed E-state index contributed by atoms with van der Waals surface area (Å²) in [6.07, 6.45) is 1.47. The summed E-state index contributed by atoms with van der Waals surface area (Å²) in [6, 6.07) is 9.10. The summed E-state index contributed by atoms with van der Waals surface area (Å²) < 4.78 is 18.1. The first kappa shape index (κ1) is 15.4. The van der Waals surface area contributed by atoms with Crippen molar-refractivity contribution in [2.45, 2.75) is 13.5 Å². The van der Waals surface area contributed by atoms with Gasteiger partial charge in [0.1, 0.15) is 11.6 Å². The van der Waals surface area contributed by atoms with Gasteiger partial charge in [-0.2, -0.15) is 5.10 Å². The molecule has 0 radical (unpaired) electrons. The Hall–Kier alpha value is -2.96. The Bertz CT molecular complexity index is 696. The SMILES string of the molecule is C/C(=N\NC(=O)C(=O)NCc1ccco1)c1cccc(F)c1. The van der Waals surface area contributed by atoms with Crippen molar-refractivity contribution in [2.24, 2.45) is 5.10 Å². The normalized spacial score (nSPS) is 11.1. The van der Waals surface area contributed by atoms with Crippen LogP contribution in [0.25, 0.3) is 0 Å². The molecule has 2 amide bonds. The van der Waals surface area contributed by atoms with Crippen molar-refractivity contribution in [2.75, 3.05) is 0 Å². The maximum Gasteiger partial charge on any atom is 0.329 e. The standard InChI is InChI=1S/C15H14FN3O3/c1-10(11-4-2-5-12(16)8-11)18-19-15(21)14(20)17-9-13-6-3-7-22-13/h2-8H,9H2,1H3,(H,17,20)(H,19,21)/b18-10+. The highest BCUT2D eigenvalue weighted by Gasteiger charge is 2.13. The van der Waals surface area contributed by atoms with Gasteiger partial charge in [0.05, 0.1) is 18.5 Å².